The summed E-state index contributed by atoms with van der Waals surface area (Å²) < 4.78 is 0. The third-order valence-electron chi connectivity index (χ3n) is 4.08. The van der Waals surface area contributed by atoms with Gasteiger partial charge in [-0.1, -0.05) is 18.2 Å². The number of hydrogen-bond donors (Lipinski definition) is 2. The molecule has 0 unspecified atom stereocenters. The van der Waals surface area contributed by atoms with Gasteiger partial charge in [-0.2, -0.15) is 5.26 Å². The van der Waals surface area contributed by atoms with Crippen LogP contribution in [-0.2, 0) is 0 Å². The average Bonchev–Trinajstić information content (AvgIpc) is 2.65. The van der Waals surface area contributed by atoms with Crippen LogP contribution in [0.15, 0.2) is 48.5 Å². The molecule has 0 aliphatic carbocycles. The van der Waals surface area contributed by atoms with E-state index in [1.807, 2.05) is 38.1 Å². The predicted molar refractivity (Wildman–Crippen MR) is 105 cm³/mol. The van der Waals surface area contributed by atoms with Crippen LogP contribution < -0.4 is 10.6 Å². The molecule has 3 rings (SSSR count). The van der Waals surface area contributed by atoms with Crippen molar-refractivity contribution >= 4 is 23.1 Å². The van der Waals surface area contributed by atoms with Crippen LogP contribution in [-0.4, -0.2) is 15.9 Å². The lowest BCUT2D eigenvalue weighted by molar-refractivity contribution is 0.102. The molecule has 0 fully saturated rings. The molecule has 0 bridgehead atoms. The fraction of sp³-hybridized carbons (Fsp3) is 0.143. The number of aromatic nitrogens is 2. The summed E-state index contributed by atoms with van der Waals surface area (Å²) in [5, 5.41) is 14.9. The largest absolute Gasteiger partial charge is 0.340 e. The molecule has 0 aliphatic rings. The van der Waals surface area contributed by atoms with Gasteiger partial charge in [0, 0.05) is 17.4 Å². The number of nitriles is 1. The third-order valence-corrected chi connectivity index (χ3v) is 4.08. The Hall–Kier alpha value is -3.72. The van der Waals surface area contributed by atoms with E-state index in [9.17, 15) is 4.79 Å². The first-order valence-electron chi connectivity index (χ1n) is 8.46. The van der Waals surface area contributed by atoms with Gasteiger partial charge in [0.05, 0.1) is 11.6 Å². The van der Waals surface area contributed by atoms with Crippen molar-refractivity contribution in [3.05, 3.63) is 76.7 Å². The maximum Gasteiger partial charge on any atom is 0.274 e. The molecule has 6 nitrogen and oxygen atoms in total. The Balaban J connectivity index is 1.84. The van der Waals surface area contributed by atoms with Crippen LogP contribution in [0.25, 0.3) is 0 Å². The molecule has 1 heterocycles. The van der Waals surface area contributed by atoms with Gasteiger partial charge < -0.3 is 10.6 Å². The van der Waals surface area contributed by atoms with Gasteiger partial charge >= 0.3 is 0 Å². The number of nitrogens with one attached hydrogen (secondary N) is 2. The summed E-state index contributed by atoms with van der Waals surface area (Å²) in [7, 11) is 0. The minimum absolute atomic E-state index is 0.264. The Morgan fingerprint density at radius 2 is 1.67 bits per heavy atom. The molecular weight excluding hydrogens is 338 g/mol. The van der Waals surface area contributed by atoms with Crippen molar-refractivity contribution in [3.63, 3.8) is 0 Å². The number of benzene rings is 2. The predicted octanol–water partition coefficient (Wildman–Crippen LogP) is 4.27. The molecule has 1 amide bonds. The van der Waals surface area contributed by atoms with Gasteiger partial charge in [-0.3, -0.25) is 4.79 Å². The van der Waals surface area contributed by atoms with Gasteiger partial charge in [-0.25, -0.2) is 9.97 Å². The molecule has 1 aromatic heterocycles. The number of amides is 1. The van der Waals surface area contributed by atoms with Crippen molar-refractivity contribution in [3.8, 4) is 6.07 Å². The maximum atomic E-state index is 12.6. The standard InChI is InChI=1S/C21H19N5O/c1-13-5-4-6-14(2)20(13)26-19-11-18(23-15(3)24-19)21(27)25-17-9-7-16(12-22)8-10-17/h4-11H,1-3H3,(H,25,27)(H,23,24,26). The first kappa shape index (κ1) is 18.1. The molecule has 2 N–H and O–H groups in total. The highest BCUT2D eigenvalue weighted by Gasteiger charge is 2.12. The second-order valence-electron chi connectivity index (χ2n) is 6.22. The number of nitrogens with zero attached hydrogens (tertiary/aromatic N) is 3. The molecule has 3 aromatic rings. The highest BCUT2D eigenvalue weighted by molar-refractivity contribution is 6.03. The van der Waals surface area contributed by atoms with Crippen LogP contribution in [0.2, 0.25) is 0 Å². The van der Waals surface area contributed by atoms with Gasteiger partial charge in [-0.05, 0) is 56.2 Å². The van der Waals surface area contributed by atoms with Gasteiger partial charge in [0.2, 0.25) is 0 Å². The topological polar surface area (TPSA) is 90.7 Å². The van der Waals surface area contributed by atoms with Crippen molar-refractivity contribution in [1.82, 2.24) is 9.97 Å². The molecule has 0 saturated carbocycles. The molecule has 0 aliphatic heterocycles. The molecule has 0 spiro atoms. The molecule has 2 aromatic carbocycles. The minimum Gasteiger partial charge on any atom is -0.340 e. The zero-order valence-electron chi connectivity index (χ0n) is 15.4. The van der Waals surface area contributed by atoms with Gasteiger partial charge in [0.25, 0.3) is 5.91 Å². The van der Waals surface area contributed by atoms with E-state index in [2.05, 4.69) is 20.6 Å². The smallest absolute Gasteiger partial charge is 0.274 e. The first-order valence-corrected chi connectivity index (χ1v) is 8.46. The van der Waals surface area contributed by atoms with Crippen molar-refractivity contribution in [2.24, 2.45) is 0 Å². The van der Waals surface area contributed by atoms with Crippen LogP contribution in [0.1, 0.15) is 33.0 Å². The first-order chi connectivity index (χ1) is 13.0. The van der Waals surface area contributed by atoms with Gasteiger partial charge in [-0.15, -0.1) is 0 Å². The molecule has 0 saturated heterocycles. The number of anilines is 3. The Bertz CT molecular complexity index is 1020. The number of carbonyl (C=O) groups excluding carboxylic acids is 1. The van der Waals surface area contributed by atoms with Crippen LogP contribution in [0, 0.1) is 32.1 Å². The zero-order valence-corrected chi connectivity index (χ0v) is 15.4. The Morgan fingerprint density at radius 3 is 2.30 bits per heavy atom. The van der Waals surface area contributed by atoms with E-state index in [-0.39, 0.29) is 11.6 Å². The van der Waals surface area contributed by atoms with Crippen molar-refractivity contribution in [1.29, 1.82) is 5.26 Å². The molecule has 0 radical (unpaired) electrons. The SMILES string of the molecule is Cc1nc(Nc2c(C)cccc2C)cc(C(=O)Nc2ccc(C#N)cc2)n1. The minimum atomic E-state index is -0.338. The fourth-order valence-electron chi connectivity index (χ4n) is 2.71. The summed E-state index contributed by atoms with van der Waals surface area (Å²) in [6.45, 7) is 5.78. The van der Waals surface area contributed by atoms with E-state index < -0.39 is 0 Å². The number of hydrogen-bond acceptors (Lipinski definition) is 5. The van der Waals surface area contributed by atoms with E-state index in [4.69, 9.17) is 5.26 Å². The fourth-order valence-corrected chi connectivity index (χ4v) is 2.71. The normalized spacial score (nSPS) is 10.1. The average molecular weight is 357 g/mol. The maximum absolute atomic E-state index is 12.6. The lowest BCUT2D eigenvalue weighted by Crippen LogP contribution is -2.15. The summed E-state index contributed by atoms with van der Waals surface area (Å²) in [6.07, 6.45) is 0. The number of rotatable bonds is 4. The van der Waals surface area contributed by atoms with Gasteiger partial charge in [0.15, 0.2) is 0 Å². The number of para-hydroxylation sites is 1. The van der Waals surface area contributed by atoms with Crippen LogP contribution in [0.4, 0.5) is 17.2 Å². The summed E-state index contributed by atoms with van der Waals surface area (Å²) in [4.78, 5) is 21.2. The third kappa shape index (κ3) is 4.28. The number of carbonyl (C=O) groups is 1. The van der Waals surface area contributed by atoms with Crippen LogP contribution in [0.3, 0.4) is 0 Å². The van der Waals surface area contributed by atoms with E-state index in [0.29, 0.717) is 22.9 Å². The highest BCUT2D eigenvalue weighted by Crippen LogP contribution is 2.23. The lowest BCUT2D eigenvalue weighted by Gasteiger charge is -2.13. The second-order valence-corrected chi connectivity index (χ2v) is 6.22. The summed E-state index contributed by atoms with van der Waals surface area (Å²) >= 11 is 0. The Kier molecular flexibility index (Phi) is 5.13. The van der Waals surface area contributed by atoms with E-state index >= 15 is 0 Å². The summed E-state index contributed by atoms with van der Waals surface area (Å²) in [5.74, 6) is 0.718. The molecule has 6 heteroatoms. The monoisotopic (exact) mass is 357 g/mol. The van der Waals surface area contributed by atoms with E-state index in [1.54, 1.807) is 37.3 Å². The van der Waals surface area contributed by atoms with E-state index in [0.717, 1.165) is 16.8 Å². The lowest BCUT2D eigenvalue weighted by atomic mass is 10.1. The quantitative estimate of drug-likeness (QED) is 0.728. The molecule has 134 valence electrons. The second kappa shape index (κ2) is 7.67. The van der Waals surface area contributed by atoms with Crippen molar-refractivity contribution < 1.29 is 4.79 Å². The molecule has 0 atom stereocenters. The van der Waals surface area contributed by atoms with Crippen molar-refractivity contribution in [2.45, 2.75) is 20.8 Å². The van der Waals surface area contributed by atoms with Crippen molar-refractivity contribution in [2.75, 3.05) is 10.6 Å². The molecular formula is C21H19N5O. The molecule has 27 heavy (non-hydrogen) atoms. The van der Waals surface area contributed by atoms with Gasteiger partial charge in [0.1, 0.15) is 17.3 Å². The summed E-state index contributed by atoms with van der Waals surface area (Å²) in [5.41, 5.74) is 4.55. The van der Waals surface area contributed by atoms with Crippen LogP contribution in [0.5, 0.6) is 0 Å². The van der Waals surface area contributed by atoms with Crippen LogP contribution >= 0.6 is 0 Å². The Morgan fingerprint density at radius 1 is 1.00 bits per heavy atom. The van der Waals surface area contributed by atoms with E-state index in [1.165, 1.54) is 0 Å². The Labute approximate surface area is 157 Å². The highest BCUT2D eigenvalue weighted by atomic mass is 16.1. The summed E-state index contributed by atoms with van der Waals surface area (Å²) in [6, 6.07) is 16.4. The zero-order chi connectivity index (χ0) is 19.4. The number of aryl methyl sites for hydroxylation is 3.